The summed E-state index contributed by atoms with van der Waals surface area (Å²) < 4.78 is 5.89. The van der Waals surface area contributed by atoms with E-state index >= 15 is 0 Å². The van der Waals surface area contributed by atoms with Crippen LogP contribution < -0.4 is 5.32 Å². The first-order valence-corrected chi connectivity index (χ1v) is 5.57. The van der Waals surface area contributed by atoms with Crippen molar-refractivity contribution < 1.29 is 4.74 Å². The molecule has 1 saturated heterocycles. The number of nitrogens with one attached hydrogen (secondary N) is 1. The van der Waals surface area contributed by atoms with E-state index in [0.717, 1.165) is 12.5 Å². The smallest absolute Gasteiger partial charge is 0.0810 e. The summed E-state index contributed by atoms with van der Waals surface area (Å²) in [6.07, 6.45) is 6.67. The largest absolute Gasteiger partial charge is 0.374 e. The average Bonchev–Trinajstić information content (AvgIpc) is 2.44. The lowest BCUT2D eigenvalue weighted by Gasteiger charge is -2.42. The molecule has 2 heteroatoms. The van der Waals surface area contributed by atoms with Gasteiger partial charge in [0.2, 0.25) is 0 Å². The Morgan fingerprint density at radius 1 is 1.38 bits per heavy atom. The van der Waals surface area contributed by atoms with E-state index in [4.69, 9.17) is 4.74 Å². The molecule has 1 N–H and O–H groups in total. The summed E-state index contributed by atoms with van der Waals surface area (Å²) in [4.78, 5) is 0. The van der Waals surface area contributed by atoms with Crippen molar-refractivity contribution in [1.29, 1.82) is 0 Å². The molecule has 2 atom stereocenters. The molecule has 2 unspecified atom stereocenters. The first kappa shape index (κ1) is 9.47. The summed E-state index contributed by atoms with van der Waals surface area (Å²) in [7, 11) is 2.08. The summed E-state index contributed by atoms with van der Waals surface area (Å²) in [5, 5.41) is 3.46. The number of likely N-dealkylation sites (N-methyl/N-ethyl adjacent to an activating group) is 1. The van der Waals surface area contributed by atoms with Gasteiger partial charge in [0, 0.05) is 12.6 Å². The van der Waals surface area contributed by atoms with Crippen LogP contribution in [0.25, 0.3) is 0 Å². The Kier molecular flexibility index (Phi) is 2.61. The predicted octanol–water partition coefficient (Wildman–Crippen LogP) is 1.94. The van der Waals surface area contributed by atoms with E-state index in [1.807, 2.05) is 0 Å². The second kappa shape index (κ2) is 3.58. The number of hydrogen-bond donors (Lipinski definition) is 1. The van der Waals surface area contributed by atoms with Crippen molar-refractivity contribution in [2.75, 3.05) is 13.7 Å². The van der Waals surface area contributed by atoms with Gasteiger partial charge in [0.15, 0.2) is 0 Å². The van der Waals surface area contributed by atoms with Crippen molar-refractivity contribution in [1.82, 2.24) is 5.32 Å². The van der Waals surface area contributed by atoms with Crippen molar-refractivity contribution >= 4 is 0 Å². The van der Waals surface area contributed by atoms with Crippen LogP contribution in [0.4, 0.5) is 0 Å². The fraction of sp³-hybridized carbons (Fsp3) is 1.00. The molecule has 0 spiro atoms. The molecular weight excluding hydrogens is 162 g/mol. The molecule has 0 aromatic rings. The third-order valence-corrected chi connectivity index (χ3v) is 3.84. The Morgan fingerprint density at radius 3 is 2.54 bits per heavy atom. The third-order valence-electron chi connectivity index (χ3n) is 3.84. The molecular formula is C11H21NO. The monoisotopic (exact) mass is 183 g/mol. The van der Waals surface area contributed by atoms with Crippen LogP contribution in [-0.4, -0.2) is 25.3 Å². The summed E-state index contributed by atoms with van der Waals surface area (Å²) >= 11 is 0. The van der Waals surface area contributed by atoms with E-state index in [2.05, 4.69) is 19.3 Å². The van der Waals surface area contributed by atoms with Crippen LogP contribution in [0.5, 0.6) is 0 Å². The summed E-state index contributed by atoms with van der Waals surface area (Å²) in [6, 6.07) is 0.587. The quantitative estimate of drug-likeness (QED) is 0.722. The Bertz CT molecular complexity index is 171. The maximum absolute atomic E-state index is 5.89. The van der Waals surface area contributed by atoms with Crippen molar-refractivity contribution in [2.45, 2.75) is 50.7 Å². The van der Waals surface area contributed by atoms with Gasteiger partial charge in [0.1, 0.15) is 0 Å². The summed E-state index contributed by atoms with van der Waals surface area (Å²) in [5.41, 5.74) is 0.125. The molecule has 0 aromatic carbocycles. The molecule has 76 valence electrons. The minimum Gasteiger partial charge on any atom is -0.374 e. The second-order valence-electron chi connectivity index (χ2n) is 4.72. The zero-order valence-electron chi connectivity index (χ0n) is 8.81. The van der Waals surface area contributed by atoms with E-state index in [9.17, 15) is 0 Å². The first-order valence-electron chi connectivity index (χ1n) is 5.57. The van der Waals surface area contributed by atoms with Crippen LogP contribution in [0.15, 0.2) is 0 Å². The normalized spacial score (nSPS) is 37.4. The predicted molar refractivity (Wildman–Crippen MR) is 53.8 cm³/mol. The Morgan fingerprint density at radius 2 is 2.15 bits per heavy atom. The van der Waals surface area contributed by atoms with Gasteiger partial charge in [-0.3, -0.25) is 0 Å². The number of hydrogen-bond acceptors (Lipinski definition) is 2. The van der Waals surface area contributed by atoms with Crippen LogP contribution >= 0.6 is 0 Å². The lowest BCUT2D eigenvalue weighted by atomic mass is 9.73. The molecule has 0 aromatic heterocycles. The van der Waals surface area contributed by atoms with Gasteiger partial charge in [-0.15, -0.1) is 0 Å². The van der Waals surface area contributed by atoms with Crippen molar-refractivity contribution in [3.8, 4) is 0 Å². The summed E-state index contributed by atoms with van der Waals surface area (Å²) in [6.45, 7) is 3.24. The van der Waals surface area contributed by atoms with Gasteiger partial charge in [0.25, 0.3) is 0 Å². The molecule has 1 heterocycles. The van der Waals surface area contributed by atoms with Crippen molar-refractivity contribution in [3.63, 3.8) is 0 Å². The van der Waals surface area contributed by atoms with Gasteiger partial charge in [-0.05, 0) is 45.6 Å². The minimum atomic E-state index is 0.125. The minimum absolute atomic E-state index is 0.125. The zero-order chi connectivity index (χ0) is 9.31. The third kappa shape index (κ3) is 1.62. The SMILES string of the molecule is CNC(C1CCC1)C1(C)CCCO1. The highest BCUT2D eigenvalue weighted by Gasteiger charge is 2.43. The van der Waals surface area contributed by atoms with Crippen LogP contribution in [0, 0.1) is 5.92 Å². The van der Waals surface area contributed by atoms with E-state index < -0.39 is 0 Å². The molecule has 2 fully saturated rings. The number of ether oxygens (including phenoxy) is 1. The maximum Gasteiger partial charge on any atom is 0.0810 e. The van der Waals surface area contributed by atoms with Gasteiger partial charge in [0.05, 0.1) is 5.60 Å². The molecule has 0 radical (unpaired) electrons. The van der Waals surface area contributed by atoms with Gasteiger partial charge < -0.3 is 10.1 Å². The van der Waals surface area contributed by atoms with Crippen LogP contribution in [0.3, 0.4) is 0 Å². The van der Waals surface area contributed by atoms with Crippen LogP contribution in [0.2, 0.25) is 0 Å². The molecule has 1 aliphatic carbocycles. The molecule has 1 saturated carbocycles. The number of rotatable bonds is 3. The Hall–Kier alpha value is -0.0800. The molecule has 2 aliphatic rings. The molecule has 2 rings (SSSR count). The second-order valence-corrected chi connectivity index (χ2v) is 4.72. The highest BCUT2D eigenvalue weighted by Crippen LogP contribution is 2.39. The van der Waals surface area contributed by atoms with Gasteiger partial charge in [-0.2, -0.15) is 0 Å². The Balaban J connectivity index is 2.01. The fourth-order valence-electron chi connectivity index (χ4n) is 2.86. The van der Waals surface area contributed by atoms with Gasteiger partial charge in [-0.25, -0.2) is 0 Å². The van der Waals surface area contributed by atoms with Crippen molar-refractivity contribution in [3.05, 3.63) is 0 Å². The lowest BCUT2D eigenvalue weighted by molar-refractivity contribution is -0.0381. The topological polar surface area (TPSA) is 21.3 Å². The van der Waals surface area contributed by atoms with E-state index in [0.29, 0.717) is 6.04 Å². The zero-order valence-corrected chi connectivity index (χ0v) is 8.81. The molecule has 1 aliphatic heterocycles. The first-order chi connectivity index (χ1) is 6.26. The lowest BCUT2D eigenvalue weighted by Crippen LogP contribution is -2.53. The summed E-state index contributed by atoms with van der Waals surface area (Å²) in [5.74, 6) is 0.869. The molecule has 0 bridgehead atoms. The van der Waals surface area contributed by atoms with Crippen LogP contribution in [0.1, 0.15) is 39.0 Å². The van der Waals surface area contributed by atoms with Gasteiger partial charge >= 0.3 is 0 Å². The molecule has 13 heavy (non-hydrogen) atoms. The standard InChI is InChI=1S/C11H21NO/c1-11(7-4-8-13-11)10(12-2)9-5-3-6-9/h9-10,12H,3-8H2,1-2H3. The van der Waals surface area contributed by atoms with Crippen molar-refractivity contribution in [2.24, 2.45) is 5.92 Å². The highest BCUT2D eigenvalue weighted by atomic mass is 16.5. The maximum atomic E-state index is 5.89. The van der Waals surface area contributed by atoms with E-state index in [-0.39, 0.29) is 5.60 Å². The fourth-order valence-corrected chi connectivity index (χ4v) is 2.86. The molecule has 0 amide bonds. The van der Waals surface area contributed by atoms with Crippen LogP contribution in [-0.2, 0) is 4.74 Å². The Labute approximate surface area is 81.0 Å². The molecule has 2 nitrogen and oxygen atoms in total. The van der Waals surface area contributed by atoms with Gasteiger partial charge in [-0.1, -0.05) is 6.42 Å². The van der Waals surface area contributed by atoms with E-state index in [1.165, 1.54) is 32.1 Å². The van der Waals surface area contributed by atoms with E-state index in [1.54, 1.807) is 0 Å². The average molecular weight is 183 g/mol. The highest BCUT2D eigenvalue weighted by molar-refractivity contribution is 4.97.